The van der Waals surface area contributed by atoms with Crippen LogP contribution < -0.4 is 11.1 Å². The molecule has 0 aliphatic rings. The van der Waals surface area contributed by atoms with Crippen molar-refractivity contribution in [2.24, 2.45) is 11.1 Å². The summed E-state index contributed by atoms with van der Waals surface area (Å²) in [6.45, 7) is 10.6. The van der Waals surface area contributed by atoms with Crippen LogP contribution in [0.3, 0.4) is 0 Å². The van der Waals surface area contributed by atoms with E-state index in [-0.39, 0.29) is 24.5 Å². The van der Waals surface area contributed by atoms with E-state index < -0.39 is 0 Å². The molecule has 1 amide bonds. The van der Waals surface area contributed by atoms with Gasteiger partial charge in [-0.3, -0.25) is 4.79 Å². The van der Waals surface area contributed by atoms with Crippen molar-refractivity contribution >= 4 is 11.9 Å². The predicted molar refractivity (Wildman–Crippen MR) is 103 cm³/mol. The number of ether oxygens (including phenoxy) is 1. The minimum atomic E-state index is -0.240. The molecule has 1 rings (SSSR count). The molecule has 0 bridgehead atoms. The highest BCUT2D eigenvalue weighted by Crippen LogP contribution is 2.22. The molecule has 0 heterocycles. The van der Waals surface area contributed by atoms with E-state index in [1.54, 1.807) is 7.05 Å². The van der Waals surface area contributed by atoms with Crippen LogP contribution in [-0.2, 0) is 16.0 Å². The lowest BCUT2D eigenvalue weighted by Crippen LogP contribution is -2.26. The number of rotatable bonds is 6. The number of nitrogens with one attached hydrogen (secondary N) is 1. The molecular weight excluding hydrogens is 316 g/mol. The molecule has 1 aromatic rings. The first kappa shape index (κ1) is 23.1. The molecule has 25 heavy (non-hydrogen) atoms. The summed E-state index contributed by atoms with van der Waals surface area (Å²) in [5, 5.41) is 2.35. The van der Waals surface area contributed by atoms with Crippen molar-refractivity contribution in [2.75, 3.05) is 13.6 Å². The summed E-state index contributed by atoms with van der Waals surface area (Å²) in [5.74, 6) is -0.369. The third kappa shape index (κ3) is 12.2. The Labute approximate surface area is 152 Å². The fourth-order valence-electron chi connectivity index (χ4n) is 2.01. The molecule has 0 saturated carbocycles. The van der Waals surface area contributed by atoms with Gasteiger partial charge in [0, 0.05) is 7.05 Å². The Balaban J connectivity index is 0.000000823. The molecule has 0 radical (unpaired) electrons. The van der Waals surface area contributed by atoms with Crippen LogP contribution in [0.15, 0.2) is 24.3 Å². The lowest BCUT2D eigenvalue weighted by molar-refractivity contribution is -0.119. The Bertz CT molecular complexity index is 511. The summed E-state index contributed by atoms with van der Waals surface area (Å²) in [6, 6.07) is 7.77. The van der Waals surface area contributed by atoms with Gasteiger partial charge in [0.1, 0.15) is 0 Å². The van der Waals surface area contributed by atoms with Crippen LogP contribution in [0.5, 0.6) is 0 Å². The van der Waals surface area contributed by atoms with Crippen molar-refractivity contribution in [3.63, 3.8) is 0 Å². The summed E-state index contributed by atoms with van der Waals surface area (Å²) < 4.78 is 5.16. The van der Waals surface area contributed by atoms with Crippen molar-refractivity contribution in [3.8, 4) is 0 Å². The molecule has 0 fully saturated rings. The zero-order chi connectivity index (χ0) is 19.5. The minimum absolute atomic E-state index is 0.0704. The molecule has 0 aromatic heterocycles. The first-order valence-corrected chi connectivity index (χ1v) is 8.79. The second kappa shape index (κ2) is 11.6. The van der Waals surface area contributed by atoms with Crippen molar-refractivity contribution in [2.45, 2.75) is 60.0 Å². The number of aryl methyl sites for hydroxylation is 1. The van der Waals surface area contributed by atoms with Gasteiger partial charge >= 0.3 is 5.97 Å². The number of nitrogens with two attached hydrogens (primary N) is 1. The average Bonchev–Trinajstić information content (AvgIpc) is 2.53. The fourth-order valence-corrected chi connectivity index (χ4v) is 2.01. The highest BCUT2D eigenvalue weighted by molar-refractivity contribution is 5.89. The van der Waals surface area contributed by atoms with Crippen LogP contribution in [0, 0.1) is 5.41 Å². The van der Waals surface area contributed by atoms with Gasteiger partial charge in [-0.1, -0.05) is 32.9 Å². The number of benzene rings is 1. The number of carbonyl (C=O) groups excluding carboxylic acids is 2. The van der Waals surface area contributed by atoms with Crippen molar-refractivity contribution in [1.29, 1.82) is 0 Å². The van der Waals surface area contributed by atoms with Gasteiger partial charge in [0.05, 0.1) is 18.2 Å². The minimum Gasteiger partial charge on any atom is -0.459 e. The van der Waals surface area contributed by atoms with Crippen LogP contribution in [0.4, 0.5) is 0 Å². The number of carbonyl (C=O) groups is 2. The van der Waals surface area contributed by atoms with Gasteiger partial charge in [-0.25, -0.2) is 4.79 Å². The third-order valence-corrected chi connectivity index (χ3v) is 3.39. The lowest BCUT2D eigenvalue weighted by atomic mass is 9.89. The molecule has 5 nitrogen and oxygen atoms in total. The summed E-state index contributed by atoms with van der Waals surface area (Å²) >= 11 is 0. The summed E-state index contributed by atoms with van der Waals surface area (Å²) in [6.07, 6.45) is 3.39. The Morgan fingerprint density at radius 1 is 1.16 bits per heavy atom. The third-order valence-electron chi connectivity index (χ3n) is 3.39. The van der Waals surface area contributed by atoms with Crippen LogP contribution in [0.2, 0.25) is 0 Å². The second-order valence-corrected chi connectivity index (χ2v) is 7.44. The number of likely N-dealkylation sites (N-methyl/N-ethyl adjacent to an activating group) is 1. The largest absolute Gasteiger partial charge is 0.459 e. The van der Waals surface area contributed by atoms with Crippen LogP contribution in [0.1, 0.15) is 63.4 Å². The summed E-state index contributed by atoms with van der Waals surface area (Å²) in [5.41, 5.74) is 7.18. The van der Waals surface area contributed by atoms with Crippen LogP contribution in [0.25, 0.3) is 0 Å². The number of amides is 1. The first-order chi connectivity index (χ1) is 11.6. The molecule has 0 atom stereocenters. The Morgan fingerprint density at radius 2 is 1.72 bits per heavy atom. The van der Waals surface area contributed by atoms with Gasteiger partial charge in [-0.2, -0.15) is 0 Å². The van der Waals surface area contributed by atoms with E-state index in [9.17, 15) is 9.59 Å². The maximum Gasteiger partial charge on any atom is 0.338 e. The standard InChI is InChI=1S/C17H26O2.C3H8N2O/c1-13(2)19-16(18)15-10-8-14(9-11-15)7-6-12-17(3,4)5;1-5-3(6)2-4/h8-11,13H,6-7,12H2,1-5H3;2,4H2,1H3,(H,5,6). The highest BCUT2D eigenvalue weighted by atomic mass is 16.5. The Hall–Kier alpha value is -1.88. The zero-order valence-corrected chi connectivity index (χ0v) is 16.5. The van der Waals surface area contributed by atoms with Gasteiger partial charge in [-0.05, 0) is 56.2 Å². The zero-order valence-electron chi connectivity index (χ0n) is 16.5. The van der Waals surface area contributed by atoms with E-state index in [4.69, 9.17) is 10.5 Å². The average molecular weight is 351 g/mol. The highest BCUT2D eigenvalue weighted by Gasteiger charge is 2.10. The molecule has 3 N–H and O–H groups in total. The molecule has 5 heteroatoms. The maximum absolute atomic E-state index is 11.7. The van der Waals surface area contributed by atoms with E-state index in [2.05, 4.69) is 26.1 Å². The van der Waals surface area contributed by atoms with Gasteiger partial charge in [0.25, 0.3) is 0 Å². The molecule has 0 aliphatic carbocycles. The quantitative estimate of drug-likeness (QED) is 0.771. The van der Waals surface area contributed by atoms with E-state index in [0.717, 1.165) is 6.42 Å². The van der Waals surface area contributed by atoms with Crippen LogP contribution >= 0.6 is 0 Å². The molecular formula is C20H34N2O3. The maximum atomic E-state index is 11.7. The fraction of sp³-hybridized carbons (Fsp3) is 0.600. The first-order valence-electron chi connectivity index (χ1n) is 8.79. The molecule has 142 valence electrons. The predicted octanol–water partition coefficient (Wildman–Crippen LogP) is 3.31. The van der Waals surface area contributed by atoms with Crippen molar-refractivity contribution in [3.05, 3.63) is 35.4 Å². The number of hydrogen-bond donors (Lipinski definition) is 2. The van der Waals surface area contributed by atoms with E-state index in [0.29, 0.717) is 11.0 Å². The van der Waals surface area contributed by atoms with Crippen molar-refractivity contribution < 1.29 is 14.3 Å². The molecule has 1 aromatic carbocycles. The number of hydrogen-bond acceptors (Lipinski definition) is 4. The number of esters is 1. The van der Waals surface area contributed by atoms with Crippen molar-refractivity contribution in [1.82, 2.24) is 5.32 Å². The lowest BCUT2D eigenvalue weighted by Gasteiger charge is -2.17. The SMILES string of the molecule is CC(C)OC(=O)c1ccc(CCCC(C)(C)C)cc1.CNC(=O)CN. The molecule has 0 saturated heterocycles. The topological polar surface area (TPSA) is 81.4 Å². The summed E-state index contributed by atoms with van der Waals surface area (Å²) in [7, 11) is 1.55. The Kier molecular flexibility index (Phi) is 10.8. The molecule has 0 unspecified atom stereocenters. The van der Waals surface area contributed by atoms with E-state index in [1.165, 1.54) is 18.4 Å². The monoisotopic (exact) mass is 350 g/mol. The molecule has 0 spiro atoms. The van der Waals surface area contributed by atoms with Gasteiger partial charge in [0.15, 0.2) is 0 Å². The van der Waals surface area contributed by atoms with Gasteiger partial charge < -0.3 is 15.8 Å². The summed E-state index contributed by atoms with van der Waals surface area (Å²) in [4.78, 5) is 21.6. The smallest absolute Gasteiger partial charge is 0.338 e. The molecule has 0 aliphatic heterocycles. The van der Waals surface area contributed by atoms with Gasteiger partial charge in [-0.15, -0.1) is 0 Å². The normalized spacial score (nSPS) is 10.7. The second-order valence-electron chi connectivity index (χ2n) is 7.44. The Morgan fingerprint density at radius 3 is 2.08 bits per heavy atom. The van der Waals surface area contributed by atoms with Crippen LogP contribution in [-0.4, -0.2) is 31.6 Å². The van der Waals surface area contributed by atoms with E-state index >= 15 is 0 Å². The van der Waals surface area contributed by atoms with E-state index in [1.807, 2.05) is 38.1 Å². The van der Waals surface area contributed by atoms with Gasteiger partial charge in [0.2, 0.25) is 5.91 Å².